The molecule has 1 unspecified atom stereocenters. The van der Waals surface area contributed by atoms with Gasteiger partial charge in [-0.3, -0.25) is 9.59 Å². The van der Waals surface area contributed by atoms with Crippen LogP contribution in [0.25, 0.3) is 0 Å². The maximum absolute atomic E-state index is 12.7. The Morgan fingerprint density at radius 1 is 1.23 bits per heavy atom. The molecule has 1 aliphatic heterocycles. The average Bonchev–Trinajstić information content (AvgIpc) is 3.28. The summed E-state index contributed by atoms with van der Waals surface area (Å²) >= 11 is 0. The highest BCUT2D eigenvalue weighted by molar-refractivity contribution is 5.97. The second-order valence-corrected chi connectivity index (χ2v) is 7.58. The van der Waals surface area contributed by atoms with Crippen molar-refractivity contribution in [1.82, 2.24) is 10.2 Å². The Kier molecular flexibility index (Phi) is 4.89. The maximum atomic E-state index is 12.7. The van der Waals surface area contributed by atoms with Gasteiger partial charge in [0, 0.05) is 30.4 Å². The number of aliphatic carboxylic acids is 1. The largest absolute Gasteiger partial charge is 0.481 e. The molecule has 1 heterocycles. The SMILES string of the molecule is CC(C)NC(=O)Nc1cccc(C(=O)N2CCC3(CC2)CC3C(=O)O)c1. The van der Waals surface area contributed by atoms with E-state index in [2.05, 4.69) is 10.6 Å². The van der Waals surface area contributed by atoms with E-state index in [0.717, 1.165) is 19.3 Å². The van der Waals surface area contributed by atoms with Gasteiger partial charge in [-0.15, -0.1) is 0 Å². The van der Waals surface area contributed by atoms with Crippen molar-refractivity contribution in [2.45, 2.75) is 39.2 Å². The van der Waals surface area contributed by atoms with Gasteiger partial charge < -0.3 is 20.6 Å². The van der Waals surface area contributed by atoms with E-state index < -0.39 is 5.97 Å². The molecule has 2 aliphatic rings. The summed E-state index contributed by atoms with van der Waals surface area (Å²) in [6.07, 6.45) is 2.21. The topological polar surface area (TPSA) is 98.7 Å². The number of amides is 3. The van der Waals surface area contributed by atoms with Crippen LogP contribution in [-0.4, -0.2) is 47.0 Å². The number of carboxylic acids is 1. The van der Waals surface area contributed by atoms with E-state index >= 15 is 0 Å². The molecule has 1 aromatic rings. The number of benzene rings is 1. The molecule has 2 fully saturated rings. The van der Waals surface area contributed by atoms with Gasteiger partial charge in [0.1, 0.15) is 0 Å². The monoisotopic (exact) mass is 359 g/mol. The third-order valence-electron chi connectivity index (χ3n) is 5.32. The van der Waals surface area contributed by atoms with Crippen molar-refractivity contribution in [1.29, 1.82) is 0 Å². The lowest BCUT2D eigenvalue weighted by Crippen LogP contribution is -2.40. The molecular weight excluding hydrogens is 334 g/mol. The van der Waals surface area contributed by atoms with Crippen LogP contribution < -0.4 is 10.6 Å². The number of hydrogen-bond acceptors (Lipinski definition) is 3. The predicted molar refractivity (Wildman–Crippen MR) is 97.0 cm³/mol. The summed E-state index contributed by atoms with van der Waals surface area (Å²) in [6.45, 7) is 4.90. The molecule has 1 spiro atoms. The van der Waals surface area contributed by atoms with E-state index in [-0.39, 0.29) is 29.3 Å². The lowest BCUT2D eigenvalue weighted by Gasteiger charge is -2.32. The molecule has 3 N–H and O–H groups in total. The predicted octanol–water partition coefficient (Wildman–Crippen LogP) is 2.54. The summed E-state index contributed by atoms with van der Waals surface area (Å²) in [4.78, 5) is 37.5. The van der Waals surface area contributed by atoms with E-state index in [4.69, 9.17) is 5.11 Å². The summed E-state index contributed by atoms with van der Waals surface area (Å²) in [5, 5.41) is 14.6. The summed E-state index contributed by atoms with van der Waals surface area (Å²) in [6, 6.07) is 6.60. The van der Waals surface area contributed by atoms with E-state index in [9.17, 15) is 14.4 Å². The Hall–Kier alpha value is -2.57. The fraction of sp³-hybridized carbons (Fsp3) is 0.526. The lowest BCUT2D eigenvalue weighted by atomic mass is 9.90. The third-order valence-corrected chi connectivity index (χ3v) is 5.32. The first-order chi connectivity index (χ1) is 12.3. The van der Waals surface area contributed by atoms with Crippen LogP contribution in [0.5, 0.6) is 0 Å². The fourth-order valence-electron chi connectivity index (χ4n) is 3.75. The van der Waals surface area contributed by atoms with Gasteiger partial charge in [-0.05, 0) is 56.7 Å². The van der Waals surface area contributed by atoms with Crippen LogP contribution in [-0.2, 0) is 4.79 Å². The smallest absolute Gasteiger partial charge is 0.319 e. The number of nitrogens with zero attached hydrogens (tertiary/aromatic N) is 1. The molecule has 1 aromatic carbocycles. The van der Waals surface area contributed by atoms with Crippen LogP contribution in [0.1, 0.15) is 43.5 Å². The van der Waals surface area contributed by atoms with E-state index in [1.54, 1.807) is 29.2 Å². The summed E-state index contributed by atoms with van der Waals surface area (Å²) in [7, 11) is 0. The number of rotatable bonds is 4. The number of carboxylic acid groups (broad SMARTS) is 1. The van der Waals surface area contributed by atoms with Crippen LogP contribution >= 0.6 is 0 Å². The Balaban J connectivity index is 1.60. The van der Waals surface area contributed by atoms with Gasteiger partial charge in [-0.2, -0.15) is 0 Å². The van der Waals surface area contributed by atoms with Crippen LogP contribution in [0, 0.1) is 11.3 Å². The summed E-state index contributed by atoms with van der Waals surface area (Å²) < 4.78 is 0. The zero-order valence-electron chi connectivity index (χ0n) is 15.1. The van der Waals surface area contributed by atoms with Crippen molar-refractivity contribution in [3.8, 4) is 0 Å². The van der Waals surface area contributed by atoms with Crippen molar-refractivity contribution in [2.75, 3.05) is 18.4 Å². The first-order valence-electron chi connectivity index (χ1n) is 9.00. The molecule has 0 radical (unpaired) electrons. The molecule has 1 aliphatic carbocycles. The molecule has 26 heavy (non-hydrogen) atoms. The minimum Gasteiger partial charge on any atom is -0.481 e. The highest BCUT2D eigenvalue weighted by atomic mass is 16.4. The summed E-state index contributed by atoms with van der Waals surface area (Å²) in [5.74, 6) is -1.05. The number of hydrogen-bond donors (Lipinski definition) is 3. The second-order valence-electron chi connectivity index (χ2n) is 7.58. The zero-order chi connectivity index (χ0) is 18.9. The molecule has 7 nitrogen and oxygen atoms in total. The van der Waals surface area contributed by atoms with Crippen molar-refractivity contribution in [3.63, 3.8) is 0 Å². The van der Waals surface area contributed by atoms with Crippen molar-refractivity contribution < 1.29 is 19.5 Å². The highest BCUT2D eigenvalue weighted by Gasteiger charge is 2.59. The molecular formula is C19H25N3O4. The number of anilines is 1. The average molecular weight is 359 g/mol. The first-order valence-corrected chi connectivity index (χ1v) is 9.00. The summed E-state index contributed by atoms with van der Waals surface area (Å²) in [5.41, 5.74) is 0.991. The maximum Gasteiger partial charge on any atom is 0.319 e. The minimum atomic E-state index is -0.719. The lowest BCUT2D eigenvalue weighted by molar-refractivity contribution is -0.139. The van der Waals surface area contributed by atoms with Crippen molar-refractivity contribution in [3.05, 3.63) is 29.8 Å². The van der Waals surface area contributed by atoms with Crippen LogP contribution in [0.4, 0.5) is 10.5 Å². The van der Waals surface area contributed by atoms with Gasteiger partial charge >= 0.3 is 12.0 Å². The van der Waals surface area contributed by atoms with E-state index in [0.29, 0.717) is 24.3 Å². The van der Waals surface area contributed by atoms with Gasteiger partial charge in [0.2, 0.25) is 0 Å². The third kappa shape index (κ3) is 3.81. The van der Waals surface area contributed by atoms with E-state index in [1.165, 1.54) is 0 Å². The van der Waals surface area contributed by atoms with Gasteiger partial charge in [0.25, 0.3) is 5.91 Å². The number of likely N-dealkylation sites (tertiary alicyclic amines) is 1. The molecule has 1 saturated carbocycles. The second kappa shape index (κ2) is 6.97. The van der Waals surface area contributed by atoms with Crippen molar-refractivity contribution in [2.24, 2.45) is 11.3 Å². The highest BCUT2D eigenvalue weighted by Crippen LogP contribution is 2.59. The van der Waals surface area contributed by atoms with Crippen molar-refractivity contribution >= 4 is 23.6 Å². The Morgan fingerprint density at radius 3 is 2.50 bits per heavy atom. The molecule has 3 amide bonds. The normalized spacial score (nSPS) is 20.7. The number of carbonyl (C=O) groups is 3. The molecule has 7 heteroatoms. The Morgan fingerprint density at radius 2 is 1.92 bits per heavy atom. The Bertz CT molecular complexity index is 723. The number of carbonyl (C=O) groups excluding carboxylic acids is 2. The number of urea groups is 1. The number of nitrogens with one attached hydrogen (secondary N) is 2. The van der Waals surface area contributed by atoms with Gasteiger partial charge in [-0.1, -0.05) is 6.07 Å². The molecule has 1 saturated heterocycles. The quantitative estimate of drug-likeness (QED) is 0.769. The molecule has 140 valence electrons. The minimum absolute atomic E-state index is 0.0255. The van der Waals surface area contributed by atoms with Crippen LogP contribution in [0.2, 0.25) is 0 Å². The van der Waals surface area contributed by atoms with E-state index in [1.807, 2.05) is 13.8 Å². The van der Waals surface area contributed by atoms with Crippen LogP contribution in [0.3, 0.4) is 0 Å². The van der Waals surface area contributed by atoms with Crippen LogP contribution in [0.15, 0.2) is 24.3 Å². The molecule has 3 rings (SSSR count). The molecule has 0 bridgehead atoms. The van der Waals surface area contributed by atoms with Gasteiger partial charge in [0.15, 0.2) is 0 Å². The standard InChI is InChI=1S/C19H25N3O4/c1-12(2)20-18(26)21-14-5-3-4-13(10-14)16(23)22-8-6-19(7-9-22)11-15(19)17(24)25/h3-5,10,12,15H,6-9,11H2,1-2H3,(H,24,25)(H2,20,21,26). The molecule has 1 atom stereocenters. The van der Waals surface area contributed by atoms with Gasteiger partial charge in [0.05, 0.1) is 5.92 Å². The number of piperidine rings is 1. The molecule has 0 aromatic heterocycles. The van der Waals surface area contributed by atoms with Gasteiger partial charge in [-0.25, -0.2) is 4.79 Å². The first kappa shape index (κ1) is 18.2. The Labute approximate surface area is 152 Å². The fourth-order valence-corrected chi connectivity index (χ4v) is 3.75. The zero-order valence-corrected chi connectivity index (χ0v) is 15.1.